The second-order valence-electron chi connectivity index (χ2n) is 6.03. The van der Waals surface area contributed by atoms with E-state index in [0.29, 0.717) is 18.3 Å². The summed E-state index contributed by atoms with van der Waals surface area (Å²) in [6.45, 7) is 0.815. The van der Waals surface area contributed by atoms with Crippen LogP contribution in [-0.4, -0.2) is 23.7 Å². The van der Waals surface area contributed by atoms with E-state index in [0.717, 1.165) is 18.0 Å². The van der Waals surface area contributed by atoms with E-state index in [9.17, 15) is 9.90 Å². The molecule has 0 amide bonds. The average Bonchev–Trinajstić information content (AvgIpc) is 3.06. The highest BCUT2D eigenvalue weighted by molar-refractivity contribution is 5.73. The molecule has 1 saturated carbocycles. The topological polar surface area (TPSA) is 49.3 Å². The van der Waals surface area contributed by atoms with Crippen LogP contribution in [0, 0.1) is 17.8 Å². The Morgan fingerprint density at radius 3 is 2.65 bits per heavy atom. The molecule has 0 aromatic heterocycles. The lowest BCUT2D eigenvalue weighted by Crippen LogP contribution is -2.41. The molecule has 0 aliphatic heterocycles. The van der Waals surface area contributed by atoms with E-state index in [1.165, 1.54) is 12.8 Å². The fourth-order valence-electron chi connectivity index (χ4n) is 3.52. The second kappa shape index (κ2) is 5.80. The molecule has 0 spiro atoms. The lowest BCUT2D eigenvalue weighted by atomic mass is 9.93. The zero-order valence-electron chi connectivity index (χ0n) is 11.5. The Bertz CT molecular complexity index is 497. The molecule has 1 aromatic rings. The van der Waals surface area contributed by atoms with Crippen LogP contribution in [0.15, 0.2) is 42.5 Å². The average molecular weight is 271 g/mol. The van der Waals surface area contributed by atoms with Crippen LogP contribution < -0.4 is 5.32 Å². The summed E-state index contributed by atoms with van der Waals surface area (Å²) in [6.07, 6.45) is 7.66. The minimum absolute atomic E-state index is 0.486. The van der Waals surface area contributed by atoms with E-state index in [2.05, 4.69) is 17.5 Å². The van der Waals surface area contributed by atoms with Gasteiger partial charge in [-0.1, -0.05) is 42.5 Å². The number of nitrogens with one attached hydrogen (secondary N) is 1. The first kappa shape index (κ1) is 13.4. The fraction of sp³-hybridized carbons (Fsp3) is 0.471. The van der Waals surface area contributed by atoms with Crippen LogP contribution >= 0.6 is 0 Å². The van der Waals surface area contributed by atoms with Crippen LogP contribution in [0.4, 0.5) is 0 Å². The van der Waals surface area contributed by atoms with Gasteiger partial charge in [-0.15, -0.1) is 0 Å². The van der Waals surface area contributed by atoms with Crippen LogP contribution in [0.3, 0.4) is 0 Å². The summed E-state index contributed by atoms with van der Waals surface area (Å²) >= 11 is 0. The Morgan fingerprint density at radius 1 is 1.25 bits per heavy atom. The summed E-state index contributed by atoms with van der Waals surface area (Å²) in [4.78, 5) is 11.4. The third-order valence-electron chi connectivity index (χ3n) is 4.62. The van der Waals surface area contributed by atoms with Gasteiger partial charge in [0.2, 0.25) is 0 Å². The molecule has 0 heterocycles. The number of carbonyl (C=O) groups is 1. The smallest absolute Gasteiger partial charge is 0.321 e. The highest BCUT2D eigenvalue weighted by Crippen LogP contribution is 2.42. The number of fused-ring (bicyclic) bond motifs is 2. The maximum absolute atomic E-state index is 11.4. The van der Waals surface area contributed by atoms with Crippen LogP contribution in [0.2, 0.25) is 0 Å². The van der Waals surface area contributed by atoms with Crippen LogP contribution in [0.1, 0.15) is 18.4 Å². The van der Waals surface area contributed by atoms with Crippen molar-refractivity contribution in [1.29, 1.82) is 0 Å². The monoisotopic (exact) mass is 271 g/mol. The van der Waals surface area contributed by atoms with Gasteiger partial charge < -0.3 is 10.4 Å². The van der Waals surface area contributed by atoms with Gasteiger partial charge in [0.1, 0.15) is 6.04 Å². The van der Waals surface area contributed by atoms with Crippen molar-refractivity contribution >= 4 is 5.97 Å². The first-order valence-electron chi connectivity index (χ1n) is 7.41. The van der Waals surface area contributed by atoms with Crippen molar-refractivity contribution in [3.05, 3.63) is 48.0 Å². The van der Waals surface area contributed by atoms with Gasteiger partial charge in [0, 0.05) is 0 Å². The van der Waals surface area contributed by atoms with Gasteiger partial charge in [-0.25, -0.2) is 0 Å². The van der Waals surface area contributed by atoms with E-state index in [1.54, 1.807) is 0 Å². The van der Waals surface area contributed by atoms with Crippen LogP contribution in [0.5, 0.6) is 0 Å². The largest absolute Gasteiger partial charge is 0.480 e. The van der Waals surface area contributed by atoms with Gasteiger partial charge in [-0.2, -0.15) is 0 Å². The zero-order valence-corrected chi connectivity index (χ0v) is 11.5. The third kappa shape index (κ3) is 2.93. The molecule has 0 saturated heterocycles. The van der Waals surface area contributed by atoms with E-state index in [1.807, 2.05) is 30.3 Å². The standard InChI is InChI=1S/C17H21NO2/c19-17(20)16(10-12-4-2-1-3-5-12)18-11-15-9-13-6-7-14(15)8-13/h1-7,13-16,18H,8-11H2,(H,19,20)/t13?,14?,15?,16-/m0/s1. The normalized spacial score (nSPS) is 28.7. The number of benzene rings is 1. The van der Waals surface area contributed by atoms with Crippen molar-refractivity contribution < 1.29 is 9.90 Å². The highest BCUT2D eigenvalue weighted by atomic mass is 16.4. The van der Waals surface area contributed by atoms with E-state index >= 15 is 0 Å². The molecule has 1 fully saturated rings. The maximum atomic E-state index is 11.4. The molecule has 106 valence electrons. The Hall–Kier alpha value is -1.61. The molecule has 2 N–H and O–H groups in total. The minimum atomic E-state index is -0.757. The number of hydrogen-bond donors (Lipinski definition) is 2. The fourth-order valence-corrected chi connectivity index (χ4v) is 3.52. The summed E-state index contributed by atoms with van der Waals surface area (Å²) in [6, 6.07) is 9.34. The number of carboxylic acid groups (broad SMARTS) is 1. The predicted octanol–water partition coefficient (Wildman–Crippen LogP) is 2.48. The third-order valence-corrected chi connectivity index (χ3v) is 4.62. The number of hydrogen-bond acceptors (Lipinski definition) is 2. The molecule has 3 heteroatoms. The van der Waals surface area contributed by atoms with Gasteiger partial charge in [-0.3, -0.25) is 4.79 Å². The lowest BCUT2D eigenvalue weighted by molar-refractivity contribution is -0.139. The number of aliphatic carboxylic acids is 1. The molecule has 2 aliphatic rings. The molecular formula is C17H21NO2. The first-order valence-corrected chi connectivity index (χ1v) is 7.41. The molecular weight excluding hydrogens is 250 g/mol. The van der Waals surface area contributed by atoms with Gasteiger partial charge in [0.25, 0.3) is 0 Å². The Labute approximate surface area is 119 Å². The molecule has 1 aromatic carbocycles. The summed E-state index contributed by atoms with van der Waals surface area (Å²) in [5.41, 5.74) is 1.07. The number of carboxylic acids is 1. The summed E-state index contributed by atoms with van der Waals surface area (Å²) in [5.74, 6) is 1.26. The van der Waals surface area contributed by atoms with Gasteiger partial charge in [-0.05, 0) is 49.1 Å². The van der Waals surface area contributed by atoms with Crippen molar-refractivity contribution in [3.8, 4) is 0 Å². The van der Waals surface area contributed by atoms with E-state index in [4.69, 9.17) is 0 Å². The second-order valence-corrected chi connectivity index (χ2v) is 6.03. The molecule has 3 unspecified atom stereocenters. The quantitative estimate of drug-likeness (QED) is 0.782. The molecule has 20 heavy (non-hydrogen) atoms. The van der Waals surface area contributed by atoms with Crippen molar-refractivity contribution in [3.63, 3.8) is 0 Å². The van der Waals surface area contributed by atoms with Gasteiger partial charge >= 0.3 is 5.97 Å². The summed E-state index contributed by atoms with van der Waals surface area (Å²) < 4.78 is 0. The van der Waals surface area contributed by atoms with Crippen molar-refractivity contribution in [1.82, 2.24) is 5.32 Å². The summed E-state index contributed by atoms with van der Waals surface area (Å²) in [7, 11) is 0. The summed E-state index contributed by atoms with van der Waals surface area (Å²) in [5, 5.41) is 12.6. The molecule has 3 rings (SSSR count). The molecule has 3 nitrogen and oxygen atoms in total. The number of rotatable bonds is 6. The molecule has 4 atom stereocenters. The van der Waals surface area contributed by atoms with Crippen LogP contribution in [0.25, 0.3) is 0 Å². The lowest BCUT2D eigenvalue weighted by Gasteiger charge is -2.22. The van der Waals surface area contributed by atoms with Gasteiger partial charge in [0.15, 0.2) is 0 Å². The van der Waals surface area contributed by atoms with Crippen LogP contribution in [-0.2, 0) is 11.2 Å². The predicted molar refractivity (Wildman–Crippen MR) is 78.4 cm³/mol. The highest BCUT2D eigenvalue weighted by Gasteiger charge is 2.35. The Kier molecular flexibility index (Phi) is 3.88. The SMILES string of the molecule is O=C(O)[C@H](Cc1ccccc1)NCC1CC2C=CC1C2. The molecule has 0 radical (unpaired) electrons. The maximum Gasteiger partial charge on any atom is 0.321 e. The van der Waals surface area contributed by atoms with Gasteiger partial charge in [0.05, 0.1) is 0 Å². The molecule has 2 aliphatic carbocycles. The van der Waals surface area contributed by atoms with E-state index in [-0.39, 0.29) is 0 Å². The molecule has 2 bridgehead atoms. The number of allylic oxidation sites excluding steroid dienone is 2. The van der Waals surface area contributed by atoms with Crippen molar-refractivity contribution in [2.24, 2.45) is 17.8 Å². The first-order chi connectivity index (χ1) is 9.72. The Morgan fingerprint density at radius 2 is 2.05 bits per heavy atom. The minimum Gasteiger partial charge on any atom is -0.480 e. The van der Waals surface area contributed by atoms with E-state index < -0.39 is 12.0 Å². The van der Waals surface area contributed by atoms with Crippen molar-refractivity contribution in [2.75, 3.05) is 6.54 Å². The van der Waals surface area contributed by atoms with Crippen molar-refractivity contribution in [2.45, 2.75) is 25.3 Å². The zero-order chi connectivity index (χ0) is 13.9. The Balaban J connectivity index is 1.55.